The number of carbonyl (C=O) groups excluding carboxylic acids is 1. The second-order valence-corrected chi connectivity index (χ2v) is 8.47. The molecule has 2 aromatic carbocycles. The van der Waals surface area contributed by atoms with E-state index in [1.165, 1.54) is 11.3 Å². The number of piperazine rings is 1. The number of anilines is 1. The van der Waals surface area contributed by atoms with Gasteiger partial charge in [0, 0.05) is 62.5 Å². The lowest BCUT2D eigenvalue weighted by atomic mass is 10.0. The minimum Gasteiger partial charge on any atom is -0.378 e. The summed E-state index contributed by atoms with van der Waals surface area (Å²) in [5.74, 6) is -0.0310. The molecule has 0 radical (unpaired) electrons. The Bertz CT molecular complexity index is 768. The number of rotatable bonds is 6. The predicted octanol–water partition coefficient (Wildman–Crippen LogP) is 3.23. The molecule has 1 saturated heterocycles. The zero-order chi connectivity index (χ0) is 20.1. The first-order valence-electron chi connectivity index (χ1n) is 9.67. The lowest BCUT2D eigenvalue weighted by Crippen LogP contribution is -2.48. The van der Waals surface area contributed by atoms with Crippen molar-refractivity contribution in [2.75, 3.05) is 58.8 Å². The zero-order valence-corrected chi connectivity index (χ0v) is 18.4. The summed E-state index contributed by atoms with van der Waals surface area (Å²) < 4.78 is 0.973. The highest BCUT2D eigenvalue weighted by Crippen LogP contribution is 2.24. The maximum absolute atomic E-state index is 12.6. The maximum atomic E-state index is 12.6. The molecule has 0 unspecified atom stereocenters. The molecule has 1 N–H and O–H groups in total. The number of halogens is 1. The van der Waals surface area contributed by atoms with Gasteiger partial charge in [0.2, 0.25) is 0 Å². The van der Waals surface area contributed by atoms with Crippen molar-refractivity contribution in [2.24, 2.45) is 0 Å². The van der Waals surface area contributed by atoms with Crippen molar-refractivity contribution in [1.29, 1.82) is 0 Å². The van der Waals surface area contributed by atoms with Crippen molar-refractivity contribution in [1.82, 2.24) is 15.1 Å². The lowest BCUT2D eigenvalue weighted by Gasteiger charge is -2.38. The number of benzene rings is 2. The van der Waals surface area contributed by atoms with Gasteiger partial charge in [-0.05, 0) is 49.0 Å². The number of amides is 1. The third kappa shape index (κ3) is 5.34. The van der Waals surface area contributed by atoms with Crippen LogP contribution in [0.15, 0.2) is 53.0 Å². The third-order valence-corrected chi connectivity index (χ3v) is 5.86. The van der Waals surface area contributed by atoms with Gasteiger partial charge in [-0.3, -0.25) is 9.69 Å². The summed E-state index contributed by atoms with van der Waals surface area (Å²) in [5, 5.41) is 3.14. The second kappa shape index (κ2) is 9.54. The number of hydrogen-bond donors (Lipinski definition) is 1. The van der Waals surface area contributed by atoms with Crippen molar-refractivity contribution in [3.63, 3.8) is 0 Å². The van der Waals surface area contributed by atoms with E-state index in [1.807, 2.05) is 38.4 Å². The van der Waals surface area contributed by atoms with Crippen LogP contribution in [0.3, 0.4) is 0 Å². The first-order chi connectivity index (χ1) is 13.4. The second-order valence-electron chi connectivity index (χ2n) is 7.56. The Morgan fingerprint density at radius 3 is 2.21 bits per heavy atom. The first kappa shape index (κ1) is 20.8. The molecular formula is C22H29BrN4O. The summed E-state index contributed by atoms with van der Waals surface area (Å²) in [6.07, 6.45) is 0. The predicted molar refractivity (Wildman–Crippen MR) is 119 cm³/mol. The Morgan fingerprint density at radius 2 is 1.64 bits per heavy atom. The molecule has 1 amide bonds. The molecule has 0 aliphatic carbocycles. The van der Waals surface area contributed by atoms with E-state index in [2.05, 4.69) is 67.3 Å². The maximum Gasteiger partial charge on any atom is 0.251 e. The molecule has 0 saturated carbocycles. The van der Waals surface area contributed by atoms with E-state index >= 15 is 0 Å². The number of carbonyl (C=O) groups is 1. The smallest absolute Gasteiger partial charge is 0.251 e. The van der Waals surface area contributed by atoms with Crippen molar-refractivity contribution in [3.8, 4) is 0 Å². The van der Waals surface area contributed by atoms with Gasteiger partial charge in [0.05, 0.1) is 6.04 Å². The van der Waals surface area contributed by atoms with Crippen LogP contribution in [0, 0.1) is 0 Å². The third-order valence-electron chi connectivity index (χ3n) is 5.34. The number of likely N-dealkylation sites (N-methyl/N-ethyl adjacent to an activating group) is 1. The van der Waals surface area contributed by atoms with Gasteiger partial charge in [-0.25, -0.2) is 0 Å². The quantitative estimate of drug-likeness (QED) is 0.741. The largest absolute Gasteiger partial charge is 0.378 e. The summed E-state index contributed by atoms with van der Waals surface area (Å²) in [6.45, 7) is 4.70. The van der Waals surface area contributed by atoms with Gasteiger partial charge in [0.25, 0.3) is 5.91 Å². The zero-order valence-electron chi connectivity index (χ0n) is 16.9. The van der Waals surface area contributed by atoms with Gasteiger partial charge < -0.3 is 15.1 Å². The first-order valence-corrected chi connectivity index (χ1v) is 10.5. The van der Waals surface area contributed by atoms with Gasteiger partial charge in [-0.15, -0.1) is 0 Å². The molecule has 3 rings (SSSR count). The van der Waals surface area contributed by atoms with Crippen molar-refractivity contribution in [2.45, 2.75) is 6.04 Å². The molecule has 1 fully saturated rings. The van der Waals surface area contributed by atoms with Crippen molar-refractivity contribution >= 4 is 27.5 Å². The fourth-order valence-corrected chi connectivity index (χ4v) is 3.74. The van der Waals surface area contributed by atoms with Crippen LogP contribution in [0.1, 0.15) is 22.0 Å². The van der Waals surface area contributed by atoms with Gasteiger partial charge in [0.15, 0.2) is 0 Å². The highest BCUT2D eigenvalue weighted by atomic mass is 79.9. The van der Waals surface area contributed by atoms with Crippen LogP contribution in [0.2, 0.25) is 0 Å². The molecule has 1 heterocycles. The molecule has 6 heteroatoms. The van der Waals surface area contributed by atoms with E-state index in [0.29, 0.717) is 12.1 Å². The summed E-state index contributed by atoms with van der Waals surface area (Å²) in [4.78, 5) is 19.5. The Hall–Kier alpha value is -1.89. The summed E-state index contributed by atoms with van der Waals surface area (Å²) >= 11 is 3.41. The number of nitrogens with zero attached hydrogens (tertiary/aromatic N) is 3. The van der Waals surface area contributed by atoms with Crippen LogP contribution in [0.5, 0.6) is 0 Å². The van der Waals surface area contributed by atoms with Crippen LogP contribution < -0.4 is 10.2 Å². The standard InChI is InChI=1S/C22H29BrN4O/c1-25(2)20-10-6-17(7-11-20)21(27-14-12-26(3)13-15-27)16-24-22(28)18-4-8-19(23)9-5-18/h4-11,21H,12-16H2,1-3H3,(H,24,28)/t21-/m0/s1. The van der Waals surface area contributed by atoms with Crippen molar-refractivity contribution < 1.29 is 4.79 Å². The van der Waals surface area contributed by atoms with E-state index in [4.69, 9.17) is 0 Å². The van der Waals surface area contributed by atoms with Crippen molar-refractivity contribution in [3.05, 3.63) is 64.1 Å². The molecule has 0 spiro atoms. The fourth-order valence-electron chi connectivity index (χ4n) is 3.48. The monoisotopic (exact) mass is 444 g/mol. The lowest BCUT2D eigenvalue weighted by molar-refractivity contribution is 0.0886. The van der Waals surface area contributed by atoms with Crippen LogP contribution in [-0.2, 0) is 0 Å². The van der Waals surface area contributed by atoms with Gasteiger partial charge in [0.1, 0.15) is 0 Å². The average Bonchev–Trinajstić information content (AvgIpc) is 2.70. The topological polar surface area (TPSA) is 38.8 Å². The van der Waals surface area contributed by atoms with Crippen LogP contribution in [0.4, 0.5) is 5.69 Å². The summed E-state index contributed by atoms with van der Waals surface area (Å²) in [6, 6.07) is 16.3. The molecule has 1 aliphatic rings. The molecule has 2 aromatic rings. The van der Waals surface area contributed by atoms with E-state index in [1.54, 1.807) is 0 Å². The van der Waals surface area contributed by atoms with Crippen LogP contribution in [0.25, 0.3) is 0 Å². The van der Waals surface area contributed by atoms with E-state index < -0.39 is 0 Å². The van der Waals surface area contributed by atoms with Crippen LogP contribution >= 0.6 is 15.9 Å². The van der Waals surface area contributed by atoms with E-state index in [0.717, 1.165) is 30.7 Å². The fraction of sp³-hybridized carbons (Fsp3) is 0.409. The number of hydrogen-bond acceptors (Lipinski definition) is 4. The Balaban J connectivity index is 1.74. The highest BCUT2D eigenvalue weighted by Gasteiger charge is 2.24. The van der Waals surface area contributed by atoms with Crippen LogP contribution in [-0.4, -0.2) is 69.6 Å². The Morgan fingerprint density at radius 1 is 1.04 bits per heavy atom. The normalized spacial score (nSPS) is 16.6. The summed E-state index contributed by atoms with van der Waals surface area (Å²) in [7, 11) is 6.25. The molecule has 0 bridgehead atoms. The minimum absolute atomic E-state index is 0.0310. The summed E-state index contributed by atoms with van der Waals surface area (Å²) in [5.41, 5.74) is 3.11. The number of nitrogens with one attached hydrogen (secondary N) is 1. The molecule has 150 valence electrons. The average molecular weight is 445 g/mol. The molecule has 1 aliphatic heterocycles. The SMILES string of the molecule is CN1CCN([C@@H](CNC(=O)c2ccc(Br)cc2)c2ccc(N(C)C)cc2)CC1. The van der Waals surface area contributed by atoms with Gasteiger partial charge >= 0.3 is 0 Å². The molecule has 1 atom stereocenters. The Kier molecular flexibility index (Phi) is 7.10. The minimum atomic E-state index is -0.0310. The van der Waals surface area contributed by atoms with Gasteiger partial charge in [-0.2, -0.15) is 0 Å². The van der Waals surface area contributed by atoms with E-state index in [9.17, 15) is 4.79 Å². The molecule has 5 nitrogen and oxygen atoms in total. The molecule has 0 aromatic heterocycles. The Labute approximate surface area is 176 Å². The highest BCUT2D eigenvalue weighted by molar-refractivity contribution is 9.10. The molecular weight excluding hydrogens is 416 g/mol. The van der Waals surface area contributed by atoms with E-state index in [-0.39, 0.29) is 11.9 Å². The van der Waals surface area contributed by atoms with Gasteiger partial charge in [-0.1, -0.05) is 28.1 Å². The molecule has 28 heavy (non-hydrogen) atoms.